The van der Waals surface area contributed by atoms with Crippen LogP contribution in [-0.4, -0.2) is 44.5 Å². The van der Waals surface area contributed by atoms with Crippen molar-refractivity contribution in [3.8, 4) is 0 Å². The van der Waals surface area contributed by atoms with Crippen molar-refractivity contribution >= 4 is 21.6 Å². The summed E-state index contributed by atoms with van der Waals surface area (Å²) in [6, 6.07) is 1.56. The molecule has 7 heteroatoms. The van der Waals surface area contributed by atoms with E-state index in [0.717, 1.165) is 32.5 Å². The van der Waals surface area contributed by atoms with Crippen molar-refractivity contribution < 1.29 is 8.42 Å². The molecular weight excluding hydrogens is 322 g/mol. The Morgan fingerprint density at radius 2 is 2.09 bits per heavy atom. The molecule has 0 spiro atoms. The molecule has 1 aromatic heterocycles. The van der Waals surface area contributed by atoms with Crippen LogP contribution in [0.2, 0.25) is 5.15 Å². The summed E-state index contributed by atoms with van der Waals surface area (Å²) in [7, 11) is -3.51. The van der Waals surface area contributed by atoms with E-state index in [-0.39, 0.29) is 4.90 Å². The van der Waals surface area contributed by atoms with Crippen LogP contribution >= 0.6 is 11.6 Å². The number of halogens is 1. The van der Waals surface area contributed by atoms with Crippen molar-refractivity contribution in [1.29, 1.82) is 0 Å². The second-order valence-corrected chi connectivity index (χ2v) is 8.04. The van der Waals surface area contributed by atoms with Gasteiger partial charge in [-0.15, -0.1) is 0 Å². The number of rotatable bonds is 6. The van der Waals surface area contributed by atoms with Crippen LogP contribution in [0.4, 0.5) is 0 Å². The smallest absolute Gasteiger partial charge is 0.242 e. The lowest BCUT2D eigenvalue weighted by Crippen LogP contribution is -2.38. The number of pyridine rings is 1. The number of aryl methyl sites for hydroxylation is 1. The average Bonchev–Trinajstić information content (AvgIpc) is 2.49. The summed E-state index contributed by atoms with van der Waals surface area (Å²) in [6.45, 7) is 7.67. The van der Waals surface area contributed by atoms with E-state index >= 15 is 0 Å². The van der Waals surface area contributed by atoms with Gasteiger partial charge in [0.1, 0.15) is 10.0 Å². The minimum absolute atomic E-state index is 0.179. The van der Waals surface area contributed by atoms with Crippen molar-refractivity contribution in [3.05, 3.63) is 23.0 Å². The maximum absolute atomic E-state index is 12.3. The Morgan fingerprint density at radius 3 is 2.68 bits per heavy atom. The van der Waals surface area contributed by atoms with Gasteiger partial charge in [0.2, 0.25) is 10.0 Å². The van der Waals surface area contributed by atoms with Crippen molar-refractivity contribution in [3.63, 3.8) is 0 Å². The Bertz CT molecular complexity index is 599. The average molecular weight is 346 g/mol. The van der Waals surface area contributed by atoms with Gasteiger partial charge in [-0.1, -0.05) is 18.5 Å². The molecule has 1 aromatic rings. The summed E-state index contributed by atoms with van der Waals surface area (Å²) in [5, 5.41) is 0.335. The molecule has 1 aliphatic heterocycles. The Kier molecular flexibility index (Phi) is 6.20. The molecule has 1 saturated heterocycles. The van der Waals surface area contributed by atoms with Gasteiger partial charge in [-0.2, -0.15) is 0 Å². The molecule has 0 radical (unpaired) electrons. The lowest BCUT2D eigenvalue weighted by molar-refractivity contribution is 0.186. The van der Waals surface area contributed by atoms with E-state index in [2.05, 4.69) is 21.5 Å². The van der Waals surface area contributed by atoms with E-state index in [1.165, 1.54) is 12.6 Å². The third kappa shape index (κ3) is 4.65. The highest BCUT2D eigenvalue weighted by Crippen LogP contribution is 2.19. The van der Waals surface area contributed by atoms with E-state index < -0.39 is 10.0 Å². The van der Waals surface area contributed by atoms with Gasteiger partial charge in [-0.05, 0) is 63.4 Å². The second kappa shape index (κ2) is 7.73. The predicted octanol–water partition coefficient (Wildman–Crippen LogP) is 2.44. The number of aromatic nitrogens is 1. The van der Waals surface area contributed by atoms with Crippen LogP contribution in [0.25, 0.3) is 0 Å². The van der Waals surface area contributed by atoms with Gasteiger partial charge in [-0.3, -0.25) is 0 Å². The van der Waals surface area contributed by atoms with Crippen LogP contribution in [0.3, 0.4) is 0 Å². The second-order valence-electron chi connectivity index (χ2n) is 5.92. The number of likely N-dealkylation sites (tertiary alicyclic amines) is 1. The van der Waals surface area contributed by atoms with E-state index in [4.69, 9.17) is 11.6 Å². The molecule has 1 aliphatic rings. The largest absolute Gasteiger partial charge is 0.303 e. The number of sulfonamides is 1. The zero-order valence-corrected chi connectivity index (χ0v) is 14.8. The number of hydrogen-bond acceptors (Lipinski definition) is 4. The minimum Gasteiger partial charge on any atom is -0.303 e. The van der Waals surface area contributed by atoms with Crippen molar-refractivity contribution in [2.24, 2.45) is 5.92 Å². The first kappa shape index (κ1) is 17.7. The number of nitrogens with zero attached hydrogens (tertiary/aromatic N) is 2. The molecule has 22 heavy (non-hydrogen) atoms. The van der Waals surface area contributed by atoms with Crippen LogP contribution < -0.4 is 4.72 Å². The molecule has 0 atom stereocenters. The summed E-state index contributed by atoms with van der Waals surface area (Å²) >= 11 is 5.84. The highest BCUT2D eigenvalue weighted by Gasteiger charge is 2.22. The molecule has 124 valence electrons. The van der Waals surface area contributed by atoms with E-state index in [9.17, 15) is 8.42 Å². The molecular formula is C15H24ClN3O2S. The van der Waals surface area contributed by atoms with Crippen LogP contribution in [-0.2, 0) is 10.0 Å². The van der Waals surface area contributed by atoms with Crippen LogP contribution in [0.15, 0.2) is 17.2 Å². The van der Waals surface area contributed by atoms with E-state index in [1.54, 1.807) is 13.0 Å². The Morgan fingerprint density at radius 1 is 1.41 bits per heavy atom. The van der Waals surface area contributed by atoms with Gasteiger partial charge in [0.05, 0.1) is 0 Å². The van der Waals surface area contributed by atoms with Gasteiger partial charge in [0, 0.05) is 12.7 Å². The molecule has 2 rings (SSSR count). The van der Waals surface area contributed by atoms with Crippen molar-refractivity contribution in [2.75, 3.05) is 26.2 Å². The fourth-order valence-electron chi connectivity index (χ4n) is 2.72. The maximum atomic E-state index is 12.3. The number of piperidine rings is 1. The third-order valence-corrected chi connectivity index (χ3v) is 5.89. The number of hydrogen-bond donors (Lipinski definition) is 1. The van der Waals surface area contributed by atoms with Crippen LogP contribution in [0.5, 0.6) is 0 Å². The zero-order chi connectivity index (χ0) is 16.2. The first-order valence-corrected chi connectivity index (χ1v) is 9.62. The predicted molar refractivity (Wildman–Crippen MR) is 88.6 cm³/mol. The maximum Gasteiger partial charge on any atom is 0.242 e. The summed E-state index contributed by atoms with van der Waals surface area (Å²) in [6.07, 6.45) is 4.56. The molecule has 0 unspecified atom stereocenters. The van der Waals surface area contributed by atoms with Crippen molar-refractivity contribution in [1.82, 2.24) is 14.6 Å². The highest BCUT2D eigenvalue weighted by molar-refractivity contribution is 7.89. The van der Waals surface area contributed by atoms with Gasteiger partial charge in [-0.25, -0.2) is 18.1 Å². The fraction of sp³-hybridized carbons (Fsp3) is 0.667. The Labute approximate surface area is 138 Å². The van der Waals surface area contributed by atoms with Gasteiger partial charge in [0.25, 0.3) is 0 Å². The normalized spacial score (nSPS) is 17.8. The molecule has 0 bridgehead atoms. The molecule has 2 heterocycles. The first-order valence-electron chi connectivity index (χ1n) is 7.76. The van der Waals surface area contributed by atoms with E-state index in [1.807, 2.05) is 0 Å². The topological polar surface area (TPSA) is 62.3 Å². The SMILES string of the molecule is CCCN1CCC(CNS(=O)(=O)c2cnc(Cl)c(C)c2)CC1. The highest BCUT2D eigenvalue weighted by atomic mass is 35.5. The zero-order valence-electron chi connectivity index (χ0n) is 13.2. The Hall–Kier alpha value is -0.690. The summed E-state index contributed by atoms with van der Waals surface area (Å²) in [4.78, 5) is 6.53. The van der Waals surface area contributed by atoms with Crippen LogP contribution in [0, 0.1) is 12.8 Å². The Balaban J connectivity index is 1.89. The lowest BCUT2D eigenvalue weighted by Gasteiger charge is -2.31. The van der Waals surface area contributed by atoms with Gasteiger partial charge < -0.3 is 4.90 Å². The van der Waals surface area contributed by atoms with Crippen LogP contribution in [0.1, 0.15) is 31.7 Å². The fourth-order valence-corrected chi connectivity index (χ4v) is 3.97. The van der Waals surface area contributed by atoms with Gasteiger partial charge in [0.15, 0.2) is 0 Å². The molecule has 0 saturated carbocycles. The monoisotopic (exact) mass is 345 g/mol. The molecule has 0 amide bonds. The molecule has 1 N–H and O–H groups in total. The molecule has 1 fully saturated rings. The quantitative estimate of drug-likeness (QED) is 0.804. The van der Waals surface area contributed by atoms with E-state index in [0.29, 0.717) is 23.2 Å². The standard InChI is InChI=1S/C15H24ClN3O2S/c1-3-6-19-7-4-13(5-8-19)10-18-22(20,21)14-9-12(2)15(16)17-11-14/h9,11,13,18H,3-8,10H2,1-2H3. The van der Waals surface area contributed by atoms with Crippen molar-refractivity contribution in [2.45, 2.75) is 38.0 Å². The summed E-state index contributed by atoms with van der Waals surface area (Å²) in [5.41, 5.74) is 0.664. The summed E-state index contributed by atoms with van der Waals surface area (Å²) < 4.78 is 27.3. The first-order chi connectivity index (χ1) is 10.4. The molecule has 5 nitrogen and oxygen atoms in total. The van der Waals surface area contributed by atoms with Gasteiger partial charge >= 0.3 is 0 Å². The third-order valence-electron chi connectivity index (χ3n) is 4.11. The molecule has 0 aliphatic carbocycles. The lowest BCUT2D eigenvalue weighted by atomic mass is 9.97. The number of nitrogens with one attached hydrogen (secondary N) is 1. The summed E-state index contributed by atoms with van der Waals surface area (Å²) in [5.74, 6) is 0.407. The molecule has 0 aromatic carbocycles. The minimum atomic E-state index is -3.51.